The second-order valence-corrected chi connectivity index (χ2v) is 12.1. The smallest absolute Gasteiger partial charge is 0.0466 e. The van der Waals surface area contributed by atoms with E-state index in [2.05, 4.69) is 19.0 Å². The van der Waals surface area contributed by atoms with Gasteiger partial charge in [-0.1, -0.05) is 200 Å². The third-order valence-corrected chi connectivity index (χ3v) is 8.38. The van der Waals surface area contributed by atoms with Gasteiger partial charge in [-0.15, -0.1) is 5.16 Å². The van der Waals surface area contributed by atoms with Gasteiger partial charge in [0.05, 0.1) is 0 Å². The van der Waals surface area contributed by atoms with Crippen LogP contribution in [-0.4, -0.2) is 11.4 Å². The van der Waals surface area contributed by atoms with E-state index < -0.39 is 0 Å². The summed E-state index contributed by atoms with van der Waals surface area (Å²) in [7, 11) is 0. The zero-order valence-corrected chi connectivity index (χ0v) is 26.0. The van der Waals surface area contributed by atoms with Gasteiger partial charge in [-0.3, -0.25) is 0 Å². The predicted octanol–water partition coefficient (Wildman–Crippen LogP) is 13.2. The summed E-state index contributed by atoms with van der Waals surface area (Å²) in [6.45, 7) is 4.59. The summed E-state index contributed by atoms with van der Waals surface area (Å²) in [4.78, 5) is 0. The Morgan fingerprint density at radius 2 is 0.595 bits per heavy atom. The van der Waals surface area contributed by atoms with Crippen molar-refractivity contribution in [1.29, 1.82) is 0 Å². The molecule has 0 bridgehead atoms. The van der Waals surface area contributed by atoms with Crippen LogP contribution in [0.2, 0.25) is 0 Å². The van der Waals surface area contributed by atoms with E-state index in [4.69, 9.17) is 5.21 Å². The average molecular weight is 522 g/mol. The van der Waals surface area contributed by atoms with Crippen LogP contribution in [0.25, 0.3) is 0 Å². The molecule has 0 rings (SSSR count). The molecule has 0 saturated heterocycles. The topological polar surface area (TPSA) is 32.6 Å². The van der Waals surface area contributed by atoms with Crippen LogP contribution in [0.1, 0.15) is 213 Å². The van der Waals surface area contributed by atoms with Crippen LogP contribution in [0.5, 0.6) is 0 Å². The molecule has 0 radical (unpaired) electrons. The third-order valence-electron chi connectivity index (χ3n) is 8.38. The molecule has 0 aliphatic heterocycles. The molecule has 37 heavy (non-hydrogen) atoms. The molecule has 1 unspecified atom stereocenters. The molecule has 0 saturated carbocycles. The molecule has 0 heterocycles. The van der Waals surface area contributed by atoms with Gasteiger partial charge in [0.1, 0.15) is 0 Å². The van der Waals surface area contributed by atoms with Gasteiger partial charge in [0, 0.05) is 6.21 Å². The molecule has 0 aromatic carbocycles. The molecule has 2 nitrogen and oxygen atoms in total. The maximum atomic E-state index is 9.04. The largest absolute Gasteiger partial charge is 0.411 e. The first-order valence-electron chi connectivity index (χ1n) is 17.5. The Kier molecular flexibility index (Phi) is 33.0. The van der Waals surface area contributed by atoms with E-state index in [-0.39, 0.29) is 0 Å². The van der Waals surface area contributed by atoms with Gasteiger partial charge in [0.25, 0.3) is 0 Å². The van der Waals surface area contributed by atoms with Crippen molar-refractivity contribution >= 4 is 6.21 Å². The highest BCUT2D eigenvalue weighted by Crippen LogP contribution is 2.19. The Hall–Kier alpha value is -0.530. The molecule has 222 valence electrons. The minimum Gasteiger partial charge on any atom is -0.411 e. The maximum absolute atomic E-state index is 9.04. The second-order valence-electron chi connectivity index (χ2n) is 12.1. The number of hydrogen-bond donors (Lipinski definition) is 1. The van der Waals surface area contributed by atoms with E-state index in [0.717, 1.165) is 0 Å². The van der Waals surface area contributed by atoms with Crippen LogP contribution in [0, 0.1) is 5.92 Å². The van der Waals surface area contributed by atoms with Crippen molar-refractivity contribution in [1.82, 2.24) is 0 Å². The van der Waals surface area contributed by atoms with E-state index in [0.29, 0.717) is 5.92 Å². The quantitative estimate of drug-likeness (QED) is 0.0406. The first-order chi connectivity index (χ1) is 18.3. The molecule has 2 heteroatoms. The van der Waals surface area contributed by atoms with Crippen LogP contribution in [0.3, 0.4) is 0 Å². The number of nitrogens with zero attached hydrogens (tertiary/aromatic N) is 1. The van der Waals surface area contributed by atoms with Crippen molar-refractivity contribution < 1.29 is 5.21 Å². The molecule has 0 spiro atoms. The van der Waals surface area contributed by atoms with Gasteiger partial charge in [0.15, 0.2) is 0 Å². The minimum atomic E-state index is 0.490. The minimum absolute atomic E-state index is 0.490. The molecule has 1 N–H and O–H groups in total. The molecule has 0 aromatic heterocycles. The third kappa shape index (κ3) is 31.6. The van der Waals surface area contributed by atoms with Gasteiger partial charge in [-0.25, -0.2) is 0 Å². The fourth-order valence-electron chi connectivity index (χ4n) is 5.77. The number of unbranched alkanes of at least 4 members (excludes halogenated alkanes) is 27. The summed E-state index contributed by atoms with van der Waals surface area (Å²) in [5.41, 5.74) is 0. The van der Waals surface area contributed by atoms with Gasteiger partial charge in [-0.2, -0.15) is 0 Å². The van der Waals surface area contributed by atoms with E-state index in [1.807, 2.05) is 6.21 Å². The summed E-state index contributed by atoms with van der Waals surface area (Å²) >= 11 is 0. The van der Waals surface area contributed by atoms with Crippen LogP contribution in [0.15, 0.2) is 5.16 Å². The molecular formula is C35H71NO. The van der Waals surface area contributed by atoms with E-state index in [9.17, 15) is 0 Å². The molecule has 0 aromatic rings. The Morgan fingerprint density at radius 3 is 0.811 bits per heavy atom. The zero-order valence-electron chi connectivity index (χ0n) is 26.0. The lowest BCUT2D eigenvalue weighted by Crippen LogP contribution is -2.02. The van der Waals surface area contributed by atoms with Crippen molar-refractivity contribution in [2.75, 3.05) is 0 Å². The monoisotopic (exact) mass is 522 g/mol. The highest BCUT2D eigenvalue weighted by Gasteiger charge is 2.06. The molecular weight excluding hydrogens is 450 g/mol. The van der Waals surface area contributed by atoms with E-state index in [1.165, 1.54) is 199 Å². The van der Waals surface area contributed by atoms with E-state index in [1.54, 1.807) is 0 Å². The van der Waals surface area contributed by atoms with Crippen LogP contribution in [0.4, 0.5) is 0 Å². The summed E-state index contributed by atoms with van der Waals surface area (Å²) in [5, 5.41) is 12.4. The first-order valence-corrected chi connectivity index (χ1v) is 17.5. The van der Waals surface area contributed by atoms with Crippen molar-refractivity contribution in [2.45, 2.75) is 213 Å². The van der Waals surface area contributed by atoms with Crippen molar-refractivity contribution in [3.63, 3.8) is 0 Å². The Bertz CT molecular complexity index is 421. The highest BCUT2D eigenvalue weighted by molar-refractivity contribution is 5.59. The summed E-state index contributed by atoms with van der Waals surface area (Å²) in [6.07, 6.45) is 45.3. The highest BCUT2D eigenvalue weighted by atomic mass is 16.4. The Balaban J connectivity index is 3.37. The zero-order chi connectivity index (χ0) is 26.9. The van der Waals surface area contributed by atoms with Crippen molar-refractivity contribution in [3.8, 4) is 0 Å². The number of oxime groups is 1. The van der Waals surface area contributed by atoms with Crippen LogP contribution < -0.4 is 0 Å². The normalized spacial score (nSPS) is 12.6. The van der Waals surface area contributed by atoms with E-state index >= 15 is 0 Å². The number of rotatable bonds is 32. The summed E-state index contributed by atoms with van der Waals surface area (Å²) in [6, 6.07) is 0. The predicted molar refractivity (Wildman–Crippen MR) is 168 cm³/mol. The van der Waals surface area contributed by atoms with Crippen LogP contribution >= 0.6 is 0 Å². The lowest BCUT2D eigenvalue weighted by atomic mass is 9.95. The Labute approximate surface area is 235 Å². The number of hydrogen-bond acceptors (Lipinski definition) is 2. The van der Waals surface area contributed by atoms with Crippen molar-refractivity contribution in [2.24, 2.45) is 11.1 Å². The lowest BCUT2D eigenvalue weighted by Gasteiger charge is -2.11. The molecule has 0 aliphatic carbocycles. The maximum Gasteiger partial charge on any atom is 0.0466 e. The average Bonchev–Trinajstić information content (AvgIpc) is 2.91. The molecule has 0 aliphatic rings. The second kappa shape index (κ2) is 33.5. The van der Waals surface area contributed by atoms with Crippen molar-refractivity contribution in [3.05, 3.63) is 0 Å². The fraction of sp³-hybridized carbons (Fsp3) is 0.971. The first kappa shape index (κ1) is 36.5. The standard InChI is InChI=1S/C35H71NO/c1-3-5-7-9-11-13-15-17-18-19-21-23-25-27-29-31-33-35(34-36-37)32-30-28-26-24-22-20-16-14-12-10-8-6-4-2/h34-35,37H,3-33H2,1-2H3. The summed E-state index contributed by atoms with van der Waals surface area (Å²) < 4.78 is 0. The molecule has 0 fully saturated rings. The molecule has 1 atom stereocenters. The Morgan fingerprint density at radius 1 is 0.378 bits per heavy atom. The van der Waals surface area contributed by atoms with Gasteiger partial charge >= 0.3 is 0 Å². The van der Waals surface area contributed by atoms with Gasteiger partial charge in [0.2, 0.25) is 0 Å². The lowest BCUT2D eigenvalue weighted by molar-refractivity contribution is 0.316. The van der Waals surface area contributed by atoms with Gasteiger partial charge < -0.3 is 5.21 Å². The van der Waals surface area contributed by atoms with Crippen LogP contribution in [-0.2, 0) is 0 Å². The summed E-state index contributed by atoms with van der Waals surface area (Å²) in [5.74, 6) is 0.490. The fourth-order valence-corrected chi connectivity index (χ4v) is 5.77. The SMILES string of the molecule is CCCCCCCCCCCCCCCCCCC(C=NO)CCCCCCCCCCCCCCC. The molecule has 0 amide bonds. The van der Waals surface area contributed by atoms with Gasteiger partial charge in [-0.05, 0) is 18.8 Å².